The fourth-order valence-corrected chi connectivity index (χ4v) is 1.84. The number of carbonyl (C=O) groups excluding carboxylic acids is 1. The van der Waals surface area contributed by atoms with Crippen molar-refractivity contribution in [3.05, 3.63) is 0 Å². The Hall–Kier alpha value is -1.73. The van der Waals surface area contributed by atoms with E-state index in [4.69, 9.17) is 10.2 Å². The van der Waals surface area contributed by atoms with Crippen molar-refractivity contribution >= 4 is 17.8 Å². The molecule has 0 spiro atoms. The molecule has 1 atom stereocenters. The third-order valence-corrected chi connectivity index (χ3v) is 2.90. The molecule has 1 rings (SSSR count). The molecule has 17 heavy (non-hydrogen) atoms. The normalized spacial score (nSPS) is 27.9. The summed E-state index contributed by atoms with van der Waals surface area (Å²) in [4.78, 5) is 33.4. The van der Waals surface area contributed by atoms with Gasteiger partial charge in [0.05, 0.1) is 6.54 Å². The summed E-state index contributed by atoms with van der Waals surface area (Å²) in [5.74, 6) is -7.42. The molecule has 0 aromatic carbocycles. The van der Waals surface area contributed by atoms with Gasteiger partial charge in [0, 0.05) is 6.54 Å². The van der Waals surface area contributed by atoms with E-state index in [9.17, 15) is 23.2 Å². The highest BCUT2D eigenvalue weighted by Gasteiger charge is 2.61. The average Bonchev–Trinajstić information content (AvgIpc) is 2.21. The maximum atomic E-state index is 13.3. The van der Waals surface area contributed by atoms with Crippen LogP contribution in [0.15, 0.2) is 0 Å². The summed E-state index contributed by atoms with van der Waals surface area (Å²) in [6, 6.07) is 0. The Morgan fingerprint density at radius 3 is 2.24 bits per heavy atom. The van der Waals surface area contributed by atoms with Crippen LogP contribution in [0.5, 0.6) is 0 Å². The Kier molecular flexibility index (Phi) is 3.09. The number of carboxylic acids is 1. The van der Waals surface area contributed by atoms with Crippen LogP contribution in [-0.4, -0.2) is 52.0 Å². The second-order valence-electron chi connectivity index (χ2n) is 3.91. The van der Waals surface area contributed by atoms with Gasteiger partial charge in [-0.3, -0.25) is 9.59 Å². The fourth-order valence-electron chi connectivity index (χ4n) is 1.84. The SMILES string of the molecule is CCC1(C(=O)O)CN(C(=O)O)CC(F)(F)C1=O. The molecule has 2 N–H and O–H groups in total. The average molecular weight is 251 g/mol. The van der Waals surface area contributed by atoms with E-state index in [2.05, 4.69) is 0 Å². The number of rotatable bonds is 2. The Morgan fingerprint density at radius 2 is 1.88 bits per heavy atom. The second-order valence-corrected chi connectivity index (χ2v) is 3.91. The summed E-state index contributed by atoms with van der Waals surface area (Å²) in [7, 11) is 0. The number of hydrogen-bond donors (Lipinski definition) is 2. The summed E-state index contributed by atoms with van der Waals surface area (Å²) < 4.78 is 26.7. The van der Waals surface area contributed by atoms with Crippen LogP contribution in [0, 0.1) is 5.41 Å². The number of piperidine rings is 1. The molecule has 1 aliphatic heterocycles. The number of amides is 1. The molecule has 6 nitrogen and oxygen atoms in total. The minimum Gasteiger partial charge on any atom is -0.480 e. The number of hydrogen-bond acceptors (Lipinski definition) is 3. The summed E-state index contributed by atoms with van der Waals surface area (Å²) in [6.45, 7) is -0.785. The van der Waals surface area contributed by atoms with Gasteiger partial charge in [-0.1, -0.05) is 6.92 Å². The molecule has 1 amide bonds. The van der Waals surface area contributed by atoms with E-state index in [0.717, 1.165) is 0 Å². The van der Waals surface area contributed by atoms with Crippen LogP contribution in [0.25, 0.3) is 0 Å². The smallest absolute Gasteiger partial charge is 0.407 e. The molecule has 96 valence electrons. The zero-order valence-electron chi connectivity index (χ0n) is 8.94. The molecule has 1 heterocycles. The lowest BCUT2D eigenvalue weighted by Crippen LogP contribution is -2.63. The van der Waals surface area contributed by atoms with E-state index in [1.54, 1.807) is 0 Å². The molecular formula is C9H11F2NO5. The molecule has 1 aliphatic rings. The number of ketones is 1. The van der Waals surface area contributed by atoms with Gasteiger partial charge in [0.15, 0.2) is 0 Å². The van der Waals surface area contributed by atoms with E-state index >= 15 is 0 Å². The van der Waals surface area contributed by atoms with Crippen LogP contribution in [0.2, 0.25) is 0 Å². The van der Waals surface area contributed by atoms with E-state index in [1.807, 2.05) is 0 Å². The van der Waals surface area contributed by atoms with Crippen LogP contribution in [0.1, 0.15) is 13.3 Å². The monoisotopic (exact) mass is 251 g/mol. The highest BCUT2D eigenvalue weighted by atomic mass is 19.3. The van der Waals surface area contributed by atoms with Crippen LogP contribution < -0.4 is 0 Å². The van der Waals surface area contributed by atoms with Crippen molar-refractivity contribution < 1.29 is 33.4 Å². The lowest BCUT2D eigenvalue weighted by Gasteiger charge is -2.40. The largest absolute Gasteiger partial charge is 0.480 e. The number of alkyl halides is 2. The van der Waals surface area contributed by atoms with Crippen molar-refractivity contribution in [3.63, 3.8) is 0 Å². The minimum atomic E-state index is -3.97. The van der Waals surface area contributed by atoms with Crippen molar-refractivity contribution in [1.29, 1.82) is 0 Å². The van der Waals surface area contributed by atoms with Crippen molar-refractivity contribution in [2.45, 2.75) is 19.3 Å². The van der Waals surface area contributed by atoms with E-state index in [-0.39, 0.29) is 11.3 Å². The molecule has 0 aromatic rings. The number of aliphatic carboxylic acids is 1. The Bertz CT molecular complexity index is 384. The first kappa shape index (κ1) is 13.3. The van der Waals surface area contributed by atoms with E-state index < -0.39 is 42.3 Å². The van der Waals surface area contributed by atoms with Gasteiger partial charge in [-0.2, -0.15) is 8.78 Å². The van der Waals surface area contributed by atoms with Crippen molar-refractivity contribution in [1.82, 2.24) is 4.90 Å². The van der Waals surface area contributed by atoms with Crippen LogP contribution in [0.4, 0.5) is 13.6 Å². The second kappa shape index (κ2) is 3.94. The van der Waals surface area contributed by atoms with Gasteiger partial charge in [-0.15, -0.1) is 0 Å². The van der Waals surface area contributed by atoms with Gasteiger partial charge in [-0.05, 0) is 6.42 Å². The third-order valence-electron chi connectivity index (χ3n) is 2.90. The van der Waals surface area contributed by atoms with E-state index in [1.165, 1.54) is 6.92 Å². The molecule has 0 aliphatic carbocycles. The van der Waals surface area contributed by atoms with Gasteiger partial charge >= 0.3 is 18.0 Å². The maximum absolute atomic E-state index is 13.3. The van der Waals surface area contributed by atoms with Gasteiger partial charge in [0.1, 0.15) is 5.41 Å². The summed E-state index contributed by atoms with van der Waals surface area (Å²) in [5.41, 5.74) is -2.36. The lowest BCUT2D eigenvalue weighted by atomic mass is 9.75. The number of halogens is 2. The molecule has 1 fully saturated rings. The highest BCUT2D eigenvalue weighted by Crippen LogP contribution is 2.38. The minimum absolute atomic E-state index is 0.263. The molecule has 0 bridgehead atoms. The zero-order valence-corrected chi connectivity index (χ0v) is 8.94. The van der Waals surface area contributed by atoms with Gasteiger partial charge in [-0.25, -0.2) is 4.79 Å². The first-order valence-electron chi connectivity index (χ1n) is 4.81. The number of likely N-dealkylation sites (tertiary alicyclic amines) is 1. The molecule has 1 saturated heterocycles. The fraction of sp³-hybridized carbons (Fsp3) is 0.667. The predicted octanol–water partition coefficient (Wildman–Crippen LogP) is 0.665. The molecule has 1 unspecified atom stereocenters. The number of nitrogens with zero attached hydrogens (tertiary/aromatic N) is 1. The van der Waals surface area contributed by atoms with Crippen LogP contribution in [0.3, 0.4) is 0 Å². The maximum Gasteiger partial charge on any atom is 0.407 e. The van der Waals surface area contributed by atoms with Gasteiger partial charge in [0.2, 0.25) is 5.78 Å². The Morgan fingerprint density at radius 1 is 1.35 bits per heavy atom. The lowest BCUT2D eigenvalue weighted by molar-refractivity contribution is -0.178. The third kappa shape index (κ3) is 1.94. The molecule has 0 aromatic heterocycles. The van der Waals surface area contributed by atoms with Crippen molar-refractivity contribution in [3.8, 4) is 0 Å². The topological polar surface area (TPSA) is 94.9 Å². The first-order valence-corrected chi connectivity index (χ1v) is 4.81. The number of carbonyl (C=O) groups is 3. The van der Waals surface area contributed by atoms with Crippen molar-refractivity contribution in [2.24, 2.45) is 5.41 Å². The van der Waals surface area contributed by atoms with Crippen molar-refractivity contribution in [2.75, 3.05) is 13.1 Å². The number of Topliss-reactive ketones (excluding diaryl/α,β-unsaturated/α-hetero) is 1. The highest BCUT2D eigenvalue weighted by molar-refractivity contribution is 6.08. The summed E-state index contributed by atoms with van der Waals surface area (Å²) in [6.07, 6.45) is -2.06. The zero-order chi connectivity index (χ0) is 13.4. The summed E-state index contributed by atoms with van der Waals surface area (Å²) >= 11 is 0. The quantitative estimate of drug-likeness (QED) is 0.703. The summed E-state index contributed by atoms with van der Waals surface area (Å²) in [5, 5.41) is 17.6. The predicted molar refractivity (Wildman–Crippen MR) is 49.9 cm³/mol. The first-order chi connectivity index (χ1) is 7.67. The molecule has 0 radical (unpaired) electrons. The molecule has 8 heteroatoms. The van der Waals surface area contributed by atoms with Crippen LogP contribution in [-0.2, 0) is 9.59 Å². The van der Waals surface area contributed by atoms with Crippen LogP contribution >= 0.6 is 0 Å². The van der Waals surface area contributed by atoms with Gasteiger partial charge < -0.3 is 15.1 Å². The Balaban J connectivity index is 3.24. The van der Waals surface area contributed by atoms with E-state index in [0.29, 0.717) is 0 Å². The van der Waals surface area contributed by atoms with Gasteiger partial charge in [0.25, 0.3) is 0 Å². The number of carboxylic acid groups (broad SMARTS) is 2. The molecule has 0 saturated carbocycles. The Labute approximate surface area is 94.8 Å². The molecular weight excluding hydrogens is 240 g/mol. The standard InChI is InChI=1S/C9H11F2NO5/c1-2-8(6(14)15)3-12(7(16)17)4-9(10,11)5(8)13/h2-4H2,1H3,(H,14,15)(H,16,17).